The van der Waals surface area contributed by atoms with Gasteiger partial charge in [-0.3, -0.25) is 19.8 Å². The van der Waals surface area contributed by atoms with Crippen LogP contribution in [0.3, 0.4) is 0 Å². The Morgan fingerprint density at radius 2 is 2.15 bits per heavy atom. The molecule has 1 rings (SSSR count). The van der Waals surface area contributed by atoms with Crippen LogP contribution in [-0.4, -0.2) is 35.5 Å². The molecule has 0 bridgehead atoms. The molecule has 20 heavy (non-hydrogen) atoms. The molecule has 0 N–H and O–H groups in total. The molecule has 0 fully saturated rings. The zero-order chi connectivity index (χ0) is 15.3. The zero-order valence-electron chi connectivity index (χ0n) is 11.6. The molecular weight excluding hydrogens is 284 g/mol. The highest BCUT2D eigenvalue weighted by molar-refractivity contribution is 6.30. The Morgan fingerprint density at radius 3 is 2.65 bits per heavy atom. The molecule has 1 aromatic rings. The number of nitro groups is 1. The number of carbonyl (C=O) groups is 1. The van der Waals surface area contributed by atoms with Crippen LogP contribution in [0.25, 0.3) is 0 Å². The molecule has 0 aliphatic carbocycles. The van der Waals surface area contributed by atoms with Crippen LogP contribution in [0.5, 0.6) is 0 Å². The van der Waals surface area contributed by atoms with Gasteiger partial charge >= 0.3 is 5.97 Å². The van der Waals surface area contributed by atoms with Crippen LogP contribution in [0.1, 0.15) is 19.4 Å². The van der Waals surface area contributed by atoms with Crippen LogP contribution >= 0.6 is 11.6 Å². The van der Waals surface area contributed by atoms with Crippen molar-refractivity contribution < 1.29 is 14.5 Å². The normalized spacial score (nSPS) is 10.9. The van der Waals surface area contributed by atoms with Gasteiger partial charge in [-0.25, -0.2) is 0 Å². The average Bonchev–Trinajstić information content (AvgIpc) is 2.37. The van der Waals surface area contributed by atoms with E-state index in [0.717, 1.165) is 0 Å². The first kappa shape index (κ1) is 16.4. The van der Waals surface area contributed by atoms with Gasteiger partial charge in [0.1, 0.15) is 0 Å². The summed E-state index contributed by atoms with van der Waals surface area (Å²) in [6, 6.07) is 4.43. The lowest BCUT2D eigenvalue weighted by Gasteiger charge is -2.25. The fourth-order valence-corrected chi connectivity index (χ4v) is 1.92. The summed E-state index contributed by atoms with van der Waals surface area (Å²) in [4.78, 5) is 23.7. The Hall–Kier alpha value is -1.66. The summed E-state index contributed by atoms with van der Waals surface area (Å²) in [5.41, 5.74) is 0.463. The van der Waals surface area contributed by atoms with E-state index in [1.165, 1.54) is 19.2 Å². The van der Waals surface area contributed by atoms with E-state index in [-0.39, 0.29) is 30.8 Å². The molecule has 0 unspecified atom stereocenters. The van der Waals surface area contributed by atoms with Gasteiger partial charge in [0.2, 0.25) is 0 Å². The van der Waals surface area contributed by atoms with Crippen molar-refractivity contribution in [2.24, 2.45) is 0 Å². The third-order valence-corrected chi connectivity index (χ3v) is 3.14. The first-order valence-corrected chi connectivity index (χ1v) is 6.46. The topological polar surface area (TPSA) is 72.7 Å². The number of hydrogen-bond acceptors (Lipinski definition) is 5. The Morgan fingerprint density at radius 1 is 1.50 bits per heavy atom. The summed E-state index contributed by atoms with van der Waals surface area (Å²) in [5.74, 6) is -0.386. The van der Waals surface area contributed by atoms with E-state index < -0.39 is 4.92 Å². The molecule has 0 heterocycles. The van der Waals surface area contributed by atoms with Crippen LogP contribution in [0.15, 0.2) is 18.2 Å². The number of esters is 1. The molecule has 0 aliphatic heterocycles. The molecule has 6 nitrogen and oxygen atoms in total. The minimum atomic E-state index is -0.456. The smallest absolute Gasteiger partial charge is 0.319 e. The maximum Gasteiger partial charge on any atom is 0.319 e. The maximum atomic E-state index is 11.4. The van der Waals surface area contributed by atoms with Crippen LogP contribution in [0.2, 0.25) is 5.02 Å². The quantitative estimate of drug-likeness (QED) is 0.459. The minimum Gasteiger partial charge on any atom is -0.468 e. The molecule has 0 aliphatic rings. The number of ether oxygens (including phenoxy) is 1. The largest absolute Gasteiger partial charge is 0.468 e. The average molecular weight is 301 g/mol. The maximum absolute atomic E-state index is 11.4. The van der Waals surface area contributed by atoms with Gasteiger partial charge in [0.25, 0.3) is 5.69 Å². The van der Waals surface area contributed by atoms with Gasteiger partial charge < -0.3 is 4.74 Å². The van der Waals surface area contributed by atoms with Crippen molar-refractivity contribution in [3.63, 3.8) is 0 Å². The number of methoxy groups -OCH3 is 1. The zero-order valence-corrected chi connectivity index (χ0v) is 12.4. The molecular formula is C13H17ClN2O4. The lowest BCUT2D eigenvalue weighted by Crippen LogP contribution is -2.35. The number of hydrogen-bond donors (Lipinski definition) is 0. The second-order valence-electron chi connectivity index (χ2n) is 4.61. The Kier molecular flexibility index (Phi) is 5.91. The van der Waals surface area contributed by atoms with Gasteiger partial charge in [-0.2, -0.15) is 0 Å². The molecule has 0 aromatic heterocycles. The van der Waals surface area contributed by atoms with E-state index >= 15 is 0 Å². The van der Waals surface area contributed by atoms with Crippen LogP contribution in [0.4, 0.5) is 5.69 Å². The van der Waals surface area contributed by atoms with E-state index in [0.29, 0.717) is 10.6 Å². The lowest BCUT2D eigenvalue weighted by atomic mass is 10.1. The van der Waals surface area contributed by atoms with E-state index in [1.807, 2.05) is 13.8 Å². The molecule has 0 saturated heterocycles. The predicted molar refractivity (Wildman–Crippen MR) is 75.7 cm³/mol. The van der Waals surface area contributed by atoms with E-state index in [4.69, 9.17) is 11.6 Å². The highest BCUT2D eigenvalue weighted by Gasteiger charge is 2.20. The Labute approximate surface area is 122 Å². The minimum absolute atomic E-state index is 0.00934. The highest BCUT2D eigenvalue weighted by Crippen LogP contribution is 2.24. The Balaban J connectivity index is 3.01. The second kappa shape index (κ2) is 7.21. The van der Waals surface area contributed by atoms with E-state index in [2.05, 4.69) is 4.74 Å². The first-order valence-electron chi connectivity index (χ1n) is 6.08. The number of carbonyl (C=O) groups excluding carboxylic acids is 1. The number of rotatable bonds is 6. The highest BCUT2D eigenvalue weighted by atomic mass is 35.5. The van der Waals surface area contributed by atoms with Crippen molar-refractivity contribution >= 4 is 23.3 Å². The Bertz CT molecular complexity index is 505. The van der Waals surface area contributed by atoms with Gasteiger partial charge in [-0.15, -0.1) is 0 Å². The van der Waals surface area contributed by atoms with Crippen LogP contribution < -0.4 is 0 Å². The standard InChI is InChI=1S/C13H17ClN2O4/c1-9(2)15(8-13(17)20-3)7-10-6-11(14)4-5-12(10)16(18)19/h4-6,9H,7-8H2,1-3H3. The molecule has 0 amide bonds. The van der Waals surface area contributed by atoms with Crippen molar-refractivity contribution in [1.29, 1.82) is 0 Å². The summed E-state index contributed by atoms with van der Waals surface area (Å²) in [7, 11) is 1.31. The summed E-state index contributed by atoms with van der Waals surface area (Å²) < 4.78 is 4.63. The van der Waals surface area contributed by atoms with Gasteiger partial charge in [0.15, 0.2) is 0 Å². The van der Waals surface area contributed by atoms with Gasteiger partial charge in [0.05, 0.1) is 18.6 Å². The summed E-state index contributed by atoms with van der Waals surface area (Å²) in [6.07, 6.45) is 0. The number of nitro benzene ring substituents is 1. The summed E-state index contributed by atoms with van der Waals surface area (Å²) >= 11 is 5.88. The number of halogens is 1. The fraction of sp³-hybridized carbons (Fsp3) is 0.462. The molecule has 0 radical (unpaired) electrons. The van der Waals surface area contributed by atoms with Crippen LogP contribution in [-0.2, 0) is 16.1 Å². The number of nitrogens with zero attached hydrogens (tertiary/aromatic N) is 2. The third-order valence-electron chi connectivity index (χ3n) is 2.90. The third kappa shape index (κ3) is 4.47. The van der Waals surface area contributed by atoms with Gasteiger partial charge in [-0.05, 0) is 26.0 Å². The molecule has 1 aromatic carbocycles. The fourth-order valence-electron chi connectivity index (χ4n) is 1.73. The van der Waals surface area contributed by atoms with Crippen molar-refractivity contribution in [3.05, 3.63) is 38.9 Å². The van der Waals surface area contributed by atoms with Crippen molar-refractivity contribution in [2.75, 3.05) is 13.7 Å². The molecule has 0 spiro atoms. The first-order chi connectivity index (χ1) is 9.35. The van der Waals surface area contributed by atoms with Crippen molar-refractivity contribution in [1.82, 2.24) is 4.90 Å². The summed E-state index contributed by atoms with van der Waals surface area (Å²) in [5, 5.41) is 11.4. The van der Waals surface area contributed by atoms with Gasteiger partial charge in [0, 0.05) is 29.2 Å². The number of benzene rings is 1. The summed E-state index contributed by atoms with van der Waals surface area (Å²) in [6.45, 7) is 4.13. The lowest BCUT2D eigenvalue weighted by molar-refractivity contribution is -0.385. The monoisotopic (exact) mass is 300 g/mol. The van der Waals surface area contributed by atoms with Crippen molar-refractivity contribution in [2.45, 2.75) is 26.4 Å². The van der Waals surface area contributed by atoms with Crippen molar-refractivity contribution in [3.8, 4) is 0 Å². The molecule has 0 saturated carbocycles. The van der Waals surface area contributed by atoms with Gasteiger partial charge in [-0.1, -0.05) is 11.6 Å². The SMILES string of the molecule is COC(=O)CN(Cc1cc(Cl)ccc1[N+](=O)[O-])C(C)C. The second-order valence-corrected chi connectivity index (χ2v) is 5.04. The molecule has 0 atom stereocenters. The molecule has 7 heteroatoms. The van der Waals surface area contributed by atoms with Crippen LogP contribution in [0, 0.1) is 10.1 Å². The van der Waals surface area contributed by atoms with E-state index in [1.54, 1.807) is 11.0 Å². The predicted octanol–water partition coefficient (Wildman–Crippen LogP) is 2.63. The molecule has 110 valence electrons. The van der Waals surface area contributed by atoms with E-state index in [9.17, 15) is 14.9 Å².